The Morgan fingerprint density at radius 3 is 2.38 bits per heavy atom. The lowest BCUT2D eigenvalue weighted by Crippen LogP contribution is -2.59. The minimum atomic E-state index is -4.91. The predicted octanol–water partition coefficient (Wildman–Crippen LogP) is 6.58. The summed E-state index contributed by atoms with van der Waals surface area (Å²) in [4.78, 5) is 25.3. The molecule has 0 radical (unpaired) electrons. The second kappa shape index (κ2) is 8.50. The Morgan fingerprint density at radius 1 is 0.973 bits per heavy atom. The lowest BCUT2D eigenvalue weighted by atomic mass is 9.48. The zero-order chi connectivity index (χ0) is 27.0. The van der Waals surface area contributed by atoms with Crippen LogP contribution < -0.4 is 10.6 Å². The second-order valence-corrected chi connectivity index (χ2v) is 11.6. The number of benzene rings is 1. The molecular weight excluding hydrogens is 498 g/mol. The zero-order valence-corrected chi connectivity index (χ0v) is 20.6. The Labute approximate surface area is 211 Å². The van der Waals surface area contributed by atoms with Gasteiger partial charge in [0.25, 0.3) is 0 Å². The van der Waals surface area contributed by atoms with Gasteiger partial charge in [0.1, 0.15) is 0 Å². The molecule has 1 heterocycles. The van der Waals surface area contributed by atoms with Crippen molar-refractivity contribution >= 4 is 17.5 Å². The van der Waals surface area contributed by atoms with Crippen LogP contribution in [0.25, 0.3) is 0 Å². The van der Waals surface area contributed by atoms with Crippen LogP contribution in [0.3, 0.4) is 0 Å². The number of fused-ring (bicyclic) bond motifs is 5. The number of hydrogen-bond acceptors (Lipinski definition) is 2. The number of carbonyl (C=O) groups is 2. The van der Waals surface area contributed by atoms with Gasteiger partial charge in [-0.3, -0.25) is 9.59 Å². The summed E-state index contributed by atoms with van der Waals surface area (Å²) in [5.74, 6) is -0.555. The van der Waals surface area contributed by atoms with Crippen LogP contribution in [-0.2, 0) is 21.9 Å². The fourth-order valence-corrected chi connectivity index (χ4v) is 8.06. The third-order valence-corrected chi connectivity index (χ3v) is 9.91. The molecule has 5 rings (SSSR count). The van der Waals surface area contributed by atoms with E-state index in [-0.39, 0.29) is 23.3 Å². The minimum Gasteiger partial charge on any atom is -0.349 e. The van der Waals surface area contributed by atoms with Gasteiger partial charge in [0.15, 0.2) is 0 Å². The van der Waals surface area contributed by atoms with Crippen molar-refractivity contribution < 1.29 is 35.9 Å². The van der Waals surface area contributed by atoms with E-state index in [4.69, 9.17) is 0 Å². The van der Waals surface area contributed by atoms with Crippen molar-refractivity contribution in [3.63, 3.8) is 0 Å². The summed E-state index contributed by atoms with van der Waals surface area (Å²) in [5.41, 5.74) is -4.06. The monoisotopic (exact) mass is 528 g/mol. The third-order valence-electron chi connectivity index (χ3n) is 9.91. The molecule has 3 aliphatic carbocycles. The number of amides is 2. The summed E-state index contributed by atoms with van der Waals surface area (Å²) in [6, 6.07) is 1.18. The standard InChI is InChI=1S/C27H30F6N2O2/c1-24-11-9-17-15(4-8-21-25(17,2)12-10-22(36)35-21)16(24)6-7-19(24)23(37)34-20-13-14(26(28,29)30)3-5-18(20)27(31,32)33/h3,5,10,12-13,15-17,19,21H,4,6-9,11H2,1-2H3,(H,34,37)(H,35,36)/t15?,16?,17?,19?,21?,24-,25+/m0/s1. The Balaban J connectivity index is 1.40. The molecule has 37 heavy (non-hydrogen) atoms. The molecule has 4 aliphatic rings. The van der Waals surface area contributed by atoms with Gasteiger partial charge < -0.3 is 10.6 Å². The van der Waals surface area contributed by atoms with E-state index >= 15 is 0 Å². The highest BCUT2D eigenvalue weighted by Gasteiger charge is 2.61. The van der Waals surface area contributed by atoms with Crippen LogP contribution in [0.5, 0.6) is 0 Å². The molecule has 2 amide bonds. The summed E-state index contributed by atoms with van der Waals surface area (Å²) in [6.07, 6.45) is -1.73. The highest BCUT2D eigenvalue weighted by Crippen LogP contribution is 2.65. The maximum Gasteiger partial charge on any atom is 0.418 e. The lowest BCUT2D eigenvalue weighted by molar-refractivity contribution is -0.141. The number of carbonyl (C=O) groups excluding carboxylic acids is 2. The third kappa shape index (κ3) is 4.24. The highest BCUT2D eigenvalue weighted by atomic mass is 19.4. The van der Waals surface area contributed by atoms with Crippen LogP contribution in [-0.4, -0.2) is 17.9 Å². The van der Waals surface area contributed by atoms with E-state index in [0.29, 0.717) is 42.9 Å². The summed E-state index contributed by atoms with van der Waals surface area (Å²) in [6.45, 7) is 4.17. The molecule has 10 heteroatoms. The molecule has 1 aliphatic heterocycles. The first kappa shape index (κ1) is 26.1. The maximum absolute atomic E-state index is 13.6. The van der Waals surface area contributed by atoms with Crippen LogP contribution >= 0.6 is 0 Å². The van der Waals surface area contributed by atoms with Gasteiger partial charge >= 0.3 is 12.4 Å². The van der Waals surface area contributed by atoms with Crippen molar-refractivity contribution in [3.05, 3.63) is 41.5 Å². The topological polar surface area (TPSA) is 58.2 Å². The highest BCUT2D eigenvalue weighted by molar-refractivity contribution is 5.94. The van der Waals surface area contributed by atoms with Gasteiger partial charge in [-0.1, -0.05) is 19.9 Å². The first-order valence-corrected chi connectivity index (χ1v) is 12.7. The van der Waals surface area contributed by atoms with E-state index in [0.717, 1.165) is 25.7 Å². The van der Waals surface area contributed by atoms with Gasteiger partial charge in [-0.15, -0.1) is 0 Å². The smallest absolute Gasteiger partial charge is 0.349 e. The average Bonchev–Trinajstić information content (AvgIpc) is 3.15. The SMILES string of the molecule is C[C@]12C=CC(=O)NC1CCC1C2CC[C@]2(C)C(C(=O)Nc3cc(C(F)(F)F)ccc3C(F)(F)F)CCC12. The molecule has 1 aromatic rings. The Kier molecular flexibility index (Phi) is 5.99. The predicted molar refractivity (Wildman–Crippen MR) is 124 cm³/mol. The first-order chi connectivity index (χ1) is 17.1. The van der Waals surface area contributed by atoms with Gasteiger partial charge in [-0.2, -0.15) is 26.3 Å². The number of rotatable bonds is 2. The van der Waals surface area contributed by atoms with E-state index in [1.54, 1.807) is 6.08 Å². The Bertz CT molecular complexity index is 1140. The lowest BCUT2D eigenvalue weighted by Gasteiger charge is -2.58. The van der Waals surface area contributed by atoms with Crippen LogP contribution in [0.2, 0.25) is 0 Å². The molecule has 0 spiro atoms. The quantitative estimate of drug-likeness (QED) is 0.427. The van der Waals surface area contributed by atoms with Crippen molar-refractivity contribution in [3.8, 4) is 0 Å². The molecule has 202 valence electrons. The van der Waals surface area contributed by atoms with Crippen molar-refractivity contribution in [1.82, 2.24) is 5.32 Å². The molecule has 0 saturated heterocycles. The zero-order valence-electron chi connectivity index (χ0n) is 20.6. The molecule has 3 saturated carbocycles. The van der Waals surface area contributed by atoms with Crippen LogP contribution in [0.15, 0.2) is 30.4 Å². The number of halogens is 6. The van der Waals surface area contributed by atoms with E-state index in [1.807, 2.05) is 13.0 Å². The second-order valence-electron chi connectivity index (χ2n) is 11.6. The Hall–Kier alpha value is -2.52. The minimum absolute atomic E-state index is 0.0535. The summed E-state index contributed by atoms with van der Waals surface area (Å²) >= 11 is 0. The normalized spacial score (nSPS) is 37.3. The molecular formula is C27H30F6N2O2. The first-order valence-electron chi connectivity index (χ1n) is 12.7. The molecule has 0 bridgehead atoms. The van der Waals surface area contributed by atoms with Crippen LogP contribution in [0.1, 0.15) is 63.5 Å². The summed E-state index contributed by atoms with van der Waals surface area (Å²) in [7, 11) is 0. The number of hydrogen-bond donors (Lipinski definition) is 2. The number of nitrogens with one attached hydrogen (secondary N) is 2. The van der Waals surface area contributed by atoms with Crippen LogP contribution in [0.4, 0.5) is 32.0 Å². The van der Waals surface area contributed by atoms with Crippen molar-refractivity contribution in [2.75, 3.05) is 5.32 Å². The largest absolute Gasteiger partial charge is 0.418 e. The van der Waals surface area contributed by atoms with E-state index < -0.39 is 46.4 Å². The summed E-state index contributed by atoms with van der Waals surface area (Å²) in [5, 5.41) is 5.33. The van der Waals surface area contributed by atoms with Gasteiger partial charge in [0.2, 0.25) is 11.8 Å². The molecule has 7 atom stereocenters. The average molecular weight is 529 g/mol. The van der Waals surface area contributed by atoms with E-state index in [2.05, 4.69) is 17.6 Å². The van der Waals surface area contributed by atoms with Gasteiger partial charge in [0, 0.05) is 17.4 Å². The molecule has 5 unspecified atom stereocenters. The molecule has 3 fully saturated rings. The molecule has 0 aromatic heterocycles. The van der Waals surface area contributed by atoms with Gasteiger partial charge in [-0.05, 0) is 86.0 Å². The number of anilines is 1. The fraction of sp³-hybridized carbons (Fsp3) is 0.630. The maximum atomic E-state index is 13.6. The van der Waals surface area contributed by atoms with Crippen molar-refractivity contribution in [1.29, 1.82) is 0 Å². The van der Waals surface area contributed by atoms with Gasteiger partial charge in [-0.25, -0.2) is 0 Å². The fourth-order valence-electron chi connectivity index (χ4n) is 8.06. The summed E-state index contributed by atoms with van der Waals surface area (Å²) < 4.78 is 80.4. The van der Waals surface area contributed by atoms with Gasteiger partial charge in [0.05, 0.1) is 16.8 Å². The van der Waals surface area contributed by atoms with E-state index in [9.17, 15) is 35.9 Å². The van der Waals surface area contributed by atoms with Crippen LogP contribution in [0, 0.1) is 34.5 Å². The molecule has 2 N–H and O–H groups in total. The number of alkyl halides is 6. The Morgan fingerprint density at radius 2 is 1.70 bits per heavy atom. The van der Waals surface area contributed by atoms with Crippen molar-refractivity contribution in [2.24, 2.45) is 34.5 Å². The molecule has 1 aromatic carbocycles. The molecule has 4 nitrogen and oxygen atoms in total. The van der Waals surface area contributed by atoms with E-state index in [1.165, 1.54) is 0 Å². The van der Waals surface area contributed by atoms with Crippen molar-refractivity contribution in [2.45, 2.75) is 70.8 Å².